The van der Waals surface area contributed by atoms with E-state index in [1.165, 1.54) is 16.0 Å². The Morgan fingerprint density at radius 1 is 1.32 bits per heavy atom. The highest BCUT2D eigenvalue weighted by atomic mass is 32.1. The quantitative estimate of drug-likeness (QED) is 0.860. The Hall–Kier alpha value is -1.32. The molecule has 0 amide bonds. The molecule has 3 heteroatoms. The number of thiophene rings is 1. The average molecular weight is 272 g/mol. The minimum absolute atomic E-state index is 0.551. The van der Waals surface area contributed by atoms with Gasteiger partial charge in [0.2, 0.25) is 0 Å². The van der Waals surface area contributed by atoms with E-state index >= 15 is 0 Å². The second-order valence-corrected chi connectivity index (χ2v) is 6.12. The van der Waals surface area contributed by atoms with E-state index in [0.717, 1.165) is 31.6 Å². The first-order chi connectivity index (χ1) is 9.29. The van der Waals surface area contributed by atoms with Crippen molar-refractivity contribution in [3.63, 3.8) is 0 Å². The Morgan fingerprint density at radius 3 is 2.95 bits per heavy atom. The molecule has 0 spiro atoms. The highest BCUT2D eigenvalue weighted by molar-refractivity contribution is 7.10. The van der Waals surface area contributed by atoms with E-state index in [0.29, 0.717) is 6.04 Å². The van der Waals surface area contributed by atoms with Crippen LogP contribution in [0.25, 0.3) is 0 Å². The molecule has 2 aromatic rings. The van der Waals surface area contributed by atoms with Crippen molar-refractivity contribution in [2.24, 2.45) is 0 Å². The van der Waals surface area contributed by atoms with E-state index in [2.05, 4.69) is 41.5 Å². The molecule has 0 aliphatic carbocycles. The highest BCUT2D eigenvalue weighted by Crippen LogP contribution is 2.33. The monoisotopic (exact) mass is 272 g/mol. The molecule has 2 N–H and O–H groups in total. The molecule has 0 saturated carbocycles. The predicted octanol–water partition coefficient (Wildman–Crippen LogP) is 3.84. The van der Waals surface area contributed by atoms with Crippen LogP contribution in [-0.4, -0.2) is 11.4 Å². The number of nitrogen functional groups attached to an aromatic ring is 1. The first-order valence-corrected chi connectivity index (χ1v) is 7.81. The molecule has 3 rings (SSSR count). The Balaban J connectivity index is 1.85. The predicted molar refractivity (Wildman–Crippen MR) is 82.3 cm³/mol. The van der Waals surface area contributed by atoms with Crippen molar-refractivity contribution < 1.29 is 0 Å². The molecule has 1 aromatic carbocycles. The molecule has 2 nitrogen and oxygen atoms in total. The summed E-state index contributed by atoms with van der Waals surface area (Å²) in [7, 11) is 0. The fourth-order valence-electron chi connectivity index (χ4n) is 3.05. The second kappa shape index (κ2) is 5.35. The fourth-order valence-corrected chi connectivity index (χ4v) is 3.99. The van der Waals surface area contributed by atoms with Crippen molar-refractivity contribution in [3.8, 4) is 0 Å². The lowest BCUT2D eigenvalue weighted by Crippen LogP contribution is -2.34. The maximum Gasteiger partial charge on any atom is 0.0442 e. The summed E-state index contributed by atoms with van der Waals surface area (Å²) in [6, 6.07) is 11.3. The molecular formula is C16H20N2S. The van der Waals surface area contributed by atoms with E-state index < -0.39 is 0 Å². The summed E-state index contributed by atoms with van der Waals surface area (Å²) in [6.45, 7) is 4.41. The van der Waals surface area contributed by atoms with Gasteiger partial charge in [-0.15, -0.1) is 11.3 Å². The molecule has 1 aliphatic heterocycles. The minimum Gasteiger partial charge on any atom is -0.398 e. The summed E-state index contributed by atoms with van der Waals surface area (Å²) in [5.74, 6) is 0. The Kier molecular flexibility index (Phi) is 3.58. The van der Waals surface area contributed by atoms with Crippen LogP contribution >= 0.6 is 11.3 Å². The fraction of sp³-hybridized carbons (Fsp3) is 0.375. The third kappa shape index (κ3) is 2.40. The lowest BCUT2D eigenvalue weighted by molar-refractivity contribution is 0.177. The number of nitrogens with zero attached hydrogens (tertiary/aromatic N) is 1. The van der Waals surface area contributed by atoms with Gasteiger partial charge in [0, 0.05) is 29.7 Å². The third-order valence-corrected chi connectivity index (χ3v) is 5.00. The maximum atomic E-state index is 6.07. The van der Waals surface area contributed by atoms with Crippen molar-refractivity contribution in [1.82, 2.24) is 4.90 Å². The lowest BCUT2D eigenvalue weighted by atomic mass is 9.96. The van der Waals surface area contributed by atoms with Gasteiger partial charge in [0.25, 0.3) is 0 Å². The molecular weight excluding hydrogens is 252 g/mol. The Bertz CT molecular complexity index is 548. The highest BCUT2D eigenvalue weighted by Gasteiger charge is 2.24. The van der Waals surface area contributed by atoms with Crippen LogP contribution in [0, 0.1) is 0 Å². The van der Waals surface area contributed by atoms with E-state index in [1.807, 2.05) is 17.4 Å². The average Bonchev–Trinajstić information content (AvgIpc) is 2.94. The number of hydrogen-bond acceptors (Lipinski definition) is 3. The Morgan fingerprint density at radius 2 is 2.21 bits per heavy atom. The van der Waals surface area contributed by atoms with Crippen LogP contribution in [0.2, 0.25) is 0 Å². The molecule has 0 bridgehead atoms. The standard InChI is InChI=1S/C16H20N2S/c1-2-15(16-7-4-10-19-16)18-9-8-13-12(11-18)5-3-6-14(13)17/h3-7,10,15H,2,8-9,11,17H2,1H3. The van der Waals surface area contributed by atoms with Crippen molar-refractivity contribution in [2.75, 3.05) is 12.3 Å². The van der Waals surface area contributed by atoms with E-state index in [4.69, 9.17) is 5.73 Å². The van der Waals surface area contributed by atoms with E-state index in [9.17, 15) is 0 Å². The summed E-state index contributed by atoms with van der Waals surface area (Å²) in [5, 5.41) is 2.17. The summed E-state index contributed by atoms with van der Waals surface area (Å²) < 4.78 is 0. The van der Waals surface area contributed by atoms with Crippen LogP contribution in [-0.2, 0) is 13.0 Å². The number of fused-ring (bicyclic) bond motifs is 1. The van der Waals surface area contributed by atoms with Crippen molar-refractivity contribution in [1.29, 1.82) is 0 Å². The van der Waals surface area contributed by atoms with Gasteiger partial charge >= 0.3 is 0 Å². The summed E-state index contributed by atoms with van der Waals surface area (Å²) in [4.78, 5) is 4.07. The van der Waals surface area contributed by atoms with Crippen LogP contribution in [0.4, 0.5) is 5.69 Å². The van der Waals surface area contributed by atoms with Gasteiger partial charge in [-0.25, -0.2) is 0 Å². The zero-order chi connectivity index (χ0) is 13.2. The SMILES string of the molecule is CCC(c1cccs1)N1CCc2c(N)cccc2C1. The third-order valence-electron chi connectivity index (χ3n) is 4.03. The number of nitrogens with two attached hydrogens (primary N) is 1. The van der Waals surface area contributed by atoms with Gasteiger partial charge < -0.3 is 5.73 Å². The van der Waals surface area contributed by atoms with Gasteiger partial charge in [-0.3, -0.25) is 4.90 Å². The summed E-state index contributed by atoms with van der Waals surface area (Å²) in [6.07, 6.45) is 2.24. The van der Waals surface area contributed by atoms with Gasteiger partial charge in [-0.05, 0) is 41.5 Å². The van der Waals surface area contributed by atoms with Gasteiger partial charge in [0.05, 0.1) is 0 Å². The van der Waals surface area contributed by atoms with Crippen molar-refractivity contribution in [2.45, 2.75) is 32.4 Å². The molecule has 0 radical (unpaired) electrons. The lowest BCUT2D eigenvalue weighted by Gasteiger charge is -2.35. The van der Waals surface area contributed by atoms with E-state index in [-0.39, 0.29) is 0 Å². The van der Waals surface area contributed by atoms with Crippen LogP contribution in [0.1, 0.15) is 35.4 Å². The van der Waals surface area contributed by atoms with Crippen molar-refractivity contribution in [3.05, 3.63) is 51.7 Å². The second-order valence-electron chi connectivity index (χ2n) is 5.14. The largest absolute Gasteiger partial charge is 0.398 e. The number of anilines is 1. The molecule has 2 heterocycles. The Labute approximate surface area is 118 Å². The van der Waals surface area contributed by atoms with Crippen LogP contribution in [0.5, 0.6) is 0 Å². The molecule has 0 saturated heterocycles. The first-order valence-electron chi connectivity index (χ1n) is 6.93. The van der Waals surface area contributed by atoms with Crippen LogP contribution in [0.3, 0.4) is 0 Å². The first kappa shape index (κ1) is 12.7. The van der Waals surface area contributed by atoms with Gasteiger partial charge in [-0.2, -0.15) is 0 Å². The minimum atomic E-state index is 0.551. The smallest absolute Gasteiger partial charge is 0.0442 e. The maximum absolute atomic E-state index is 6.07. The zero-order valence-electron chi connectivity index (χ0n) is 11.3. The molecule has 0 fully saturated rings. The molecule has 1 unspecified atom stereocenters. The normalized spacial score (nSPS) is 17.1. The molecule has 1 aliphatic rings. The van der Waals surface area contributed by atoms with Gasteiger partial charge in [-0.1, -0.05) is 25.1 Å². The van der Waals surface area contributed by atoms with Gasteiger partial charge in [0.15, 0.2) is 0 Å². The number of rotatable bonds is 3. The molecule has 1 aromatic heterocycles. The molecule has 1 atom stereocenters. The zero-order valence-corrected chi connectivity index (χ0v) is 12.1. The number of benzene rings is 1. The molecule has 19 heavy (non-hydrogen) atoms. The topological polar surface area (TPSA) is 29.3 Å². The van der Waals surface area contributed by atoms with E-state index in [1.54, 1.807) is 0 Å². The van der Waals surface area contributed by atoms with Crippen LogP contribution in [0.15, 0.2) is 35.7 Å². The number of hydrogen-bond donors (Lipinski definition) is 1. The van der Waals surface area contributed by atoms with Crippen LogP contribution < -0.4 is 5.73 Å². The summed E-state index contributed by atoms with van der Waals surface area (Å²) in [5.41, 5.74) is 9.80. The van der Waals surface area contributed by atoms with Crippen molar-refractivity contribution >= 4 is 17.0 Å². The summed E-state index contributed by atoms with van der Waals surface area (Å²) >= 11 is 1.87. The van der Waals surface area contributed by atoms with Gasteiger partial charge in [0.1, 0.15) is 0 Å². The molecule has 100 valence electrons.